The van der Waals surface area contributed by atoms with Crippen LogP contribution in [-0.4, -0.2) is 19.7 Å². The largest absolute Gasteiger partial charge is 0.360 e. The minimum absolute atomic E-state index is 0.136. The van der Waals surface area contributed by atoms with Crippen molar-refractivity contribution in [1.29, 1.82) is 0 Å². The van der Waals surface area contributed by atoms with Crippen LogP contribution < -0.4 is 5.56 Å². The van der Waals surface area contributed by atoms with Crippen LogP contribution in [0.5, 0.6) is 0 Å². The van der Waals surface area contributed by atoms with Gasteiger partial charge in [0.25, 0.3) is 5.56 Å². The molecule has 0 saturated heterocycles. The first-order valence-corrected chi connectivity index (χ1v) is 9.10. The van der Waals surface area contributed by atoms with E-state index in [9.17, 15) is 4.79 Å². The highest BCUT2D eigenvalue weighted by atomic mass is 32.2. The third kappa shape index (κ3) is 3.13. The molecule has 6 nitrogen and oxygen atoms in total. The summed E-state index contributed by atoms with van der Waals surface area (Å²) in [6.45, 7) is 3.83. The number of benzene rings is 1. The van der Waals surface area contributed by atoms with E-state index in [0.717, 1.165) is 17.0 Å². The Morgan fingerprint density at radius 2 is 2.00 bits per heavy atom. The summed E-state index contributed by atoms with van der Waals surface area (Å²) < 4.78 is 6.81. The summed E-state index contributed by atoms with van der Waals surface area (Å²) in [5.74, 6) is 1.81. The number of rotatable bonds is 4. The van der Waals surface area contributed by atoms with E-state index in [0.29, 0.717) is 27.6 Å². The Labute approximate surface area is 153 Å². The lowest BCUT2D eigenvalue weighted by Gasteiger charge is -2.12. The highest BCUT2D eigenvalue weighted by Gasteiger charge is 2.15. The summed E-state index contributed by atoms with van der Waals surface area (Å²) in [6.07, 6.45) is 1.74. The van der Waals surface area contributed by atoms with Crippen LogP contribution in [0.4, 0.5) is 0 Å². The molecule has 7 heteroatoms. The van der Waals surface area contributed by atoms with Crippen LogP contribution in [-0.2, 0) is 5.75 Å². The molecule has 0 unspecified atom stereocenters. The lowest BCUT2D eigenvalue weighted by atomic mass is 10.2. The topological polar surface area (TPSA) is 73.8 Å². The van der Waals surface area contributed by atoms with Crippen LogP contribution in [0.15, 0.2) is 63.1 Å². The molecule has 0 N–H and O–H groups in total. The van der Waals surface area contributed by atoms with Gasteiger partial charge in [0.1, 0.15) is 11.6 Å². The van der Waals surface area contributed by atoms with Crippen LogP contribution in [0.3, 0.4) is 0 Å². The van der Waals surface area contributed by atoms with E-state index < -0.39 is 0 Å². The van der Waals surface area contributed by atoms with Gasteiger partial charge in [0, 0.05) is 12.3 Å². The Kier molecular flexibility index (Phi) is 4.30. The molecule has 0 aliphatic rings. The molecule has 130 valence electrons. The molecule has 0 amide bonds. The predicted molar refractivity (Wildman–Crippen MR) is 101 cm³/mol. The first-order chi connectivity index (χ1) is 12.6. The number of pyridine rings is 1. The molecule has 0 atom stereocenters. The molecule has 0 radical (unpaired) electrons. The maximum absolute atomic E-state index is 13.1. The highest BCUT2D eigenvalue weighted by Crippen LogP contribution is 2.24. The molecule has 4 rings (SSSR count). The van der Waals surface area contributed by atoms with Gasteiger partial charge < -0.3 is 4.52 Å². The Bertz CT molecular complexity index is 1130. The zero-order chi connectivity index (χ0) is 18.1. The van der Waals surface area contributed by atoms with Crippen molar-refractivity contribution in [3.05, 3.63) is 76.0 Å². The number of aryl methyl sites for hydroxylation is 2. The van der Waals surface area contributed by atoms with Crippen LogP contribution in [0.2, 0.25) is 0 Å². The summed E-state index contributed by atoms with van der Waals surface area (Å²) >= 11 is 1.42. The number of thioether (sulfide) groups is 1. The first-order valence-electron chi connectivity index (χ1n) is 8.11. The van der Waals surface area contributed by atoms with E-state index in [1.807, 2.05) is 50.2 Å². The number of hydrogen-bond donors (Lipinski definition) is 0. The van der Waals surface area contributed by atoms with Crippen LogP contribution in [0, 0.1) is 13.8 Å². The molecule has 0 saturated carbocycles. The van der Waals surface area contributed by atoms with E-state index in [2.05, 4.69) is 15.1 Å². The molecule has 26 heavy (non-hydrogen) atoms. The van der Waals surface area contributed by atoms with Gasteiger partial charge in [-0.1, -0.05) is 35.1 Å². The van der Waals surface area contributed by atoms with Crippen molar-refractivity contribution in [2.75, 3.05) is 0 Å². The van der Waals surface area contributed by atoms with Gasteiger partial charge in [-0.15, -0.1) is 0 Å². The number of para-hydroxylation sites is 1. The van der Waals surface area contributed by atoms with Gasteiger partial charge in [-0.05, 0) is 37.6 Å². The SMILES string of the molecule is Cc1ccc(-n2c(SCc3cc(C)no3)nc3ccccc3c2=O)nc1. The van der Waals surface area contributed by atoms with Crippen molar-refractivity contribution in [2.24, 2.45) is 0 Å². The summed E-state index contributed by atoms with van der Waals surface area (Å²) in [4.78, 5) is 22.2. The van der Waals surface area contributed by atoms with Crippen molar-refractivity contribution in [2.45, 2.75) is 24.8 Å². The number of aromatic nitrogens is 4. The number of nitrogens with zero attached hydrogens (tertiary/aromatic N) is 4. The average molecular weight is 364 g/mol. The third-order valence-corrected chi connectivity index (χ3v) is 4.85. The van der Waals surface area contributed by atoms with E-state index in [1.54, 1.807) is 16.8 Å². The first kappa shape index (κ1) is 16.5. The van der Waals surface area contributed by atoms with E-state index in [1.165, 1.54) is 11.8 Å². The van der Waals surface area contributed by atoms with Crippen molar-refractivity contribution in [3.8, 4) is 5.82 Å². The molecule has 0 fully saturated rings. The standard InChI is InChI=1S/C19H16N4O2S/c1-12-7-8-17(20-10-12)23-18(24)15-5-3-4-6-16(15)21-19(23)26-11-14-9-13(2)22-25-14/h3-10H,11H2,1-2H3. The fourth-order valence-corrected chi connectivity index (χ4v) is 3.50. The van der Waals surface area contributed by atoms with E-state index in [4.69, 9.17) is 4.52 Å². The Morgan fingerprint density at radius 1 is 1.15 bits per heavy atom. The van der Waals surface area contributed by atoms with Crippen molar-refractivity contribution < 1.29 is 4.52 Å². The molecule has 0 spiro atoms. The maximum Gasteiger partial charge on any atom is 0.267 e. The van der Waals surface area contributed by atoms with Crippen LogP contribution in [0.1, 0.15) is 17.0 Å². The monoisotopic (exact) mass is 364 g/mol. The second kappa shape index (κ2) is 6.76. The van der Waals surface area contributed by atoms with Crippen molar-refractivity contribution in [1.82, 2.24) is 19.7 Å². The van der Waals surface area contributed by atoms with Crippen molar-refractivity contribution in [3.63, 3.8) is 0 Å². The van der Waals surface area contributed by atoms with Gasteiger partial charge in [0.15, 0.2) is 5.16 Å². The quantitative estimate of drug-likeness (QED) is 0.406. The van der Waals surface area contributed by atoms with Crippen LogP contribution >= 0.6 is 11.8 Å². The molecule has 0 aliphatic carbocycles. The minimum Gasteiger partial charge on any atom is -0.360 e. The molecule has 3 heterocycles. The van der Waals surface area contributed by atoms with Crippen molar-refractivity contribution >= 4 is 22.7 Å². The maximum atomic E-state index is 13.1. The molecular weight excluding hydrogens is 348 g/mol. The normalized spacial score (nSPS) is 11.2. The highest BCUT2D eigenvalue weighted by molar-refractivity contribution is 7.98. The lowest BCUT2D eigenvalue weighted by molar-refractivity contribution is 0.391. The third-order valence-electron chi connectivity index (χ3n) is 3.89. The lowest BCUT2D eigenvalue weighted by Crippen LogP contribution is -2.22. The summed E-state index contributed by atoms with van der Waals surface area (Å²) in [5, 5.41) is 5.03. The average Bonchev–Trinajstić information content (AvgIpc) is 3.07. The van der Waals surface area contributed by atoms with Gasteiger partial charge in [0.2, 0.25) is 0 Å². The molecule has 4 aromatic rings. The Morgan fingerprint density at radius 3 is 2.73 bits per heavy atom. The predicted octanol–water partition coefficient (Wildman–Crippen LogP) is 3.68. The summed E-state index contributed by atoms with van der Waals surface area (Å²) in [5.41, 5.74) is 2.38. The number of hydrogen-bond acceptors (Lipinski definition) is 6. The summed E-state index contributed by atoms with van der Waals surface area (Å²) in [6, 6.07) is 13.0. The molecule has 0 aliphatic heterocycles. The minimum atomic E-state index is -0.136. The van der Waals surface area contributed by atoms with E-state index in [-0.39, 0.29) is 5.56 Å². The second-order valence-electron chi connectivity index (χ2n) is 5.97. The van der Waals surface area contributed by atoms with Crippen LogP contribution in [0.25, 0.3) is 16.7 Å². The molecule has 3 aromatic heterocycles. The zero-order valence-electron chi connectivity index (χ0n) is 14.3. The summed E-state index contributed by atoms with van der Waals surface area (Å²) in [7, 11) is 0. The van der Waals surface area contributed by atoms with Gasteiger partial charge in [-0.3, -0.25) is 4.79 Å². The molecule has 0 bridgehead atoms. The van der Waals surface area contributed by atoms with Gasteiger partial charge in [-0.25, -0.2) is 14.5 Å². The molecular formula is C19H16N4O2S. The van der Waals surface area contributed by atoms with E-state index >= 15 is 0 Å². The second-order valence-corrected chi connectivity index (χ2v) is 6.91. The Hall–Kier alpha value is -2.93. The zero-order valence-corrected chi connectivity index (χ0v) is 15.2. The van der Waals surface area contributed by atoms with Gasteiger partial charge in [0.05, 0.1) is 22.3 Å². The Balaban J connectivity index is 1.84. The molecule has 1 aromatic carbocycles. The fraction of sp³-hybridized carbons (Fsp3) is 0.158. The number of fused-ring (bicyclic) bond motifs is 1. The smallest absolute Gasteiger partial charge is 0.267 e. The van der Waals surface area contributed by atoms with Gasteiger partial charge in [-0.2, -0.15) is 0 Å². The van der Waals surface area contributed by atoms with Gasteiger partial charge >= 0.3 is 0 Å². The fourth-order valence-electron chi connectivity index (χ4n) is 2.62.